The van der Waals surface area contributed by atoms with Crippen LogP contribution >= 0.6 is 0 Å². The van der Waals surface area contributed by atoms with Gasteiger partial charge >= 0.3 is 5.97 Å². The molecular formula is C12H18O2. The average Bonchev–Trinajstić information content (AvgIpc) is 2.08. The minimum Gasteiger partial charge on any atom is -0.459 e. The monoisotopic (exact) mass is 194 g/mol. The Hall–Kier alpha value is -0.530. The number of carbonyl (C=O) groups excluding carboxylic acids is 1. The summed E-state index contributed by atoms with van der Waals surface area (Å²) in [5, 5.41) is 0. The molecule has 4 unspecified atom stereocenters. The molecule has 2 nitrogen and oxygen atoms in total. The largest absolute Gasteiger partial charge is 0.459 e. The highest BCUT2D eigenvalue weighted by molar-refractivity contribution is 5.74. The van der Waals surface area contributed by atoms with E-state index in [1.807, 2.05) is 0 Å². The number of ether oxygens (including phenoxy) is 1. The molecule has 0 aromatic heterocycles. The van der Waals surface area contributed by atoms with Crippen LogP contribution in [-0.4, -0.2) is 11.6 Å². The Kier molecular flexibility index (Phi) is 1.46. The van der Waals surface area contributed by atoms with Crippen molar-refractivity contribution >= 4 is 5.97 Å². The normalized spacial score (nSPS) is 55.7. The molecule has 4 atom stereocenters. The number of rotatable bonds is 0. The summed E-state index contributed by atoms with van der Waals surface area (Å²) in [6.07, 6.45) is 5.65. The first-order valence-corrected chi connectivity index (χ1v) is 5.71. The molecule has 2 heterocycles. The molecule has 2 aliphatic heterocycles. The van der Waals surface area contributed by atoms with Crippen molar-refractivity contribution in [3.8, 4) is 0 Å². The number of fused-ring (bicyclic) bond motifs is 1. The first kappa shape index (κ1) is 8.75. The lowest BCUT2D eigenvalue weighted by Gasteiger charge is -2.47. The zero-order valence-corrected chi connectivity index (χ0v) is 9.01. The molecule has 0 aromatic rings. The van der Waals surface area contributed by atoms with Crippen molar-refractivity contribution in [2.75, 3.05) is 0 Å². The van der Waals surface area contributed by atoms with Gasteiger partial charge in [0.2, 0.25) is 0 Å². The number of esters is 1. The topological polar surface area (TPSA) is 26.3 Å². The molecule has 0 N–H and O–H groups in total. The predicted molar refractivity (Wildman–Crippen MR) is 52.7 cm³/mol. The molecule has 2 heteroatoms. The quantitative estimate of drug-likeness (QED) is 0.554. The summed E-state index contributed by atoms with van der Waals surface area (Å²) in [7, 11) is 0. The maximum atomic E-state index is 11.8. The van der Waals surface area contributed by atoms with Gasteiger partial charge in [-0.1, -0.05) is 6.92 Å². The van der Waals surface area contributed by atoms with E-state index in [0.29, 0.717) is 5.41 Å². The molecule has 0 aromatic carbocycles. The summed E-state index contributed by atoms with van der Waals surface area (Å²) >= 11 is 0. The fourth-order valence-electron chi connectivity index (χ4n) is 4.41. The smallest absolute Gasteiger partial charge is 0.309 e. The van der Waals surface area contributed by atoms with Gasteiger partial charge in [0.05, 0.1) is 5.92 Å². The van der Waals surface area contributed by atoms with Crippen molar-refractivity contribution in [1.29, 1.82) is 0 Å². The van der Waals surface area contributed by atoms with Crippen LogP contribution in [0.4, 0.5) is 0 Å². The van der Waals surface area contributed by atoms with E-state index in [1.54, 1.807) is 0 Å². The Labute approximate surface area is 85.0 Å². The minimum atomic E-state index is -0.139. The van der Waals surface area contributed by atoms with Crippen LogP contribution in [0.1, 0.15) is 46.0 Å². The first-order valence-electron chi connectivity index (χ1n) is 5.71. The van der Waals surface area contributed by atoms with Crippen molar-refractivity contribution < 1.29 is 9.53 Å². The van der Waals surface area contributed by atoms with Crippen LogP contribution in [-0.2, 0) is 9.53 Å². The Morgan fingerprint density at radius 2 is 2.07 bits per heavy atom. The predicted octanol–water partition coefficient (Wildman–Crippen LogP) is 2.52. The third-order valence-electron chi connectivity index (χ3n) is 4.34. The van der Waals surface area contributed by atoms with E-state index in [9.17, 15) is 4.79 Å². The lowest BCUT2D eigenvalue weighted by molar-refractivity contribution is -0.160. The molecule has 4 bridgehead atoms. The molecule has 4 aliphatic rings. The summed E-state index contributed by atoms with van der Waals surface area (Å²) in [4.78, 5) is 11.8. The fraction of sp³-hybridized carbons (Fsp3) is 0.917. The van der Waals surface area contributed by atoms with E-state index < -0.39 is 0 Å². The van der Waals surface area contributed by atoms with Gasteiger partial charge in [0, 0.05) is 0 Å². The Bertz CT molecular complexity index is 299. The van der Waals surface area contributed by atoms with Crippen LogP contribution in [0.5, 0.6) is 0 Å². The van der Waals surface area contributed by atoms with E-state index in [0.717, 1.165) is 31.6 Å². The lowest BCUT2D eigenvalue weighted by Crippen LogP contribution is -2.43. The molecule has 14 heavy (non-hydrogen) atoms. The molecule has 2 saturated carbocycles. The molecular weight excluding hydrogens is 176 g/mol. The zero-order chi connectivity index (χ0) is 9.97. The summed E-state index contributed by atoms with van der Waals surface area (Å²) in [5.41, 5.74) is 0.243. The van der Waals surface area contributed by atoms with Crippen LogP contribution in [0.3, 0.4) is 0 Å². The van der Waals surface area contributed by atoms with Gasteiger partial charge in [-0.25, -0.2) is 0 Å². The Balaban J connectivity index is 2.05. The SMILES string of the molecule is CC12CC3CC(C1)C(=O)OC(C)(C3)C2. The third-order valence-corrected chi connectivity index (χ3v) is 4.34. The lowest BCUT2D eigenvalue weighted by atomic mass is 9.57. The molecule has 0 radical (unpaired) electrons. The van der Waals surface area contributed by atoms with Gasteiger partial charge in [-0.15, -0.1) is 0 Å². The van der Waals surface area contributed by atoms with Gasteiger partial charge in [0.1, 0.15) is 5.60 Å². The number of hydrogen-bond donors (Lipinski definition) is 0. The van der Waals surface area contributed by atoms with Crippen molar-refractivity contribution in [2.45, 2.75) is 51.6 Å². The average molecular weight is 194 g/mol. The second-order valence-corrected chi connectivity index (χ2v) is 6.27. The van der Waals surface area contributed by atoms with Gasteiger partial charge in [-0.2, -0.15) is 0 Å². The van der Waals surface area contributed by atoms with Gasteiger partial charge in [-0.3, -0.25) is 4.79 Å². The summed E-state index contributed by atoms with van der Waals surface area (Å²) < 4.78 is 5.65. The van der Waals surface area contributed by atoms with Crippen molar-refractivity contribution in [1.82, 2.24) is 0 Å². The van der Waals surface area contributed by atoms with E-state index in [1.165, 1.54) is 6.42 Å². The fourth-order valence-corrected chi connectivity index (χ4v) is 4.41. The van der Waals surface area contributed by atoms with Gasteiger partial charge in [0.15, 0.2) is 0 Å². The second-order valence-electron chi connectivity index (χ2n) is 6.27. The van der Waals surface area contributed by atoms with E-state index in [4.69, 9.17) is 4.74 Å². The van der Waals surface area contributed by atoms with Gasteiger partial charge in [0.25, 0.3) is 0 Å². The maximum absolute atomic E-state index is 11.8. The van der Waals surface area contributed by atoms with Gasteiger partial charge < -0.3 is 4.74 Å². The highest BCUT2D eigenvalue weighted by atomic mass is 16.6. The summed E-state index contributed by atoms with van der Waals surface area (Å²) in [6.45, 7) is 4.47. The van der Waals surface area contributed by atoms with Crippen molar-refractivity contribution in [3.63, 3.8) is 0 Å². The third kappa shape index (κ3) is 1.12. The minimum absolute atomic E-state index is 0.0819. The maximum Gasteiger partial charge on any atom is 0.309 e. The van der Waals surface area contributed by atoms with E-state index in [-0.39, 0.29) is 17.5 Å². The molecule has 0 spiro atoms. The summed E-state index contributed by atoms with van der Waals surface area (Å²) in [5.74, 6) is 1.03. The standard InChI is InChI=1S/C12H18O2/c1-11-4-8-3-9(6-11)10(13)14-12(2,5-8)7-11/h8-9H,3-7H2,1-2H3. The Morgan fingerprint density at radius 3 is 2.79 bits per heavy atom. The van der Waals surface area contributed by atoms with Crippen LogP contribution < -0.4 is 0 Å². The highest BCUT2D eigenvalue weighted by Crippen LogP contribution is 2.57. The van der Waals surface area contributed by atoms with Crippen molar-refractivity contribution in [3.05, 3.63) is 0 Å². The Morgan fingerprint density at radius 1 is 1.29 bits per heavy atom. The van der Waals surface area contributed by atoms with Gasteiger partial charge in [-0.05, 0) is 50.4 Å². The van der Waals surface area contributed by atoms with E-state index in [2.05, 4.69) is 13.8 Å². The zero-order valence-electron chi connectivity index (χ0n) is 9.01. The molecule has 4 fully saturated rings. The molecule has 0 amide bonds. The summed E-state index contributed by atoms with van der Waals surface area (Å²) in [6, 6.07) is 0. The second kappa shape index (κ2) is 2.34. The van der Waals surface area contributed by atoms with Crippen molar-refractivity contribution in [2.24, 2.45) is 17.3 Å². The molecule has 2 saturated heterocycles. The number of hydrogen-bond acceptors (Lipinski definition) is 2. The van der Waals surface area contributed by atoms with Crippen LogP contribution in [0, 0.1) is 17.3 Å². The molecule has 4 rings (SSSR count). The number of carbonyl (C=O) groups is 1. The van der Waals surface area contributed by atoms with Crippen LogP contribution in [0.25, 0.3) is 0 Å². The molecule has 2 aliphatic carbocycles. The van der Waals surface area contributed by atoms with Crippen LogP contribution in [0.2, 0.25) is 0 Å². The molecule has 78 valence electrons. The van der Waals surface area contributed by atoms with Crippen LogP contribution in [0.15, 0.2) is 0 Å². The van der Waals surface area contributed by atoms with E-state index >= 15 is 0 Å². The highest BCUT2D eigenvalue weighted by Gasteiger charge is 2.54. The first-order chi connectivity index (χ1) is 6.48.